The Bertz CT molecular complexity index is 585. The molecule has 0 spiro atoms. The Morgan fingerprint density at radius 1 is 1.05 bits per heavy atom. The Balaban J connectivity index is 1.84. The molecule has 1 atom stereocenters. The van der Waals surface area contributed by atoms with Crippen molar-refractivity contribution in [1.82, 2.24) is 0 Å². The highest BCUT2D eigenvalue weighted by atomic mass is 79.9. The number of carbonyl (C=O) groups is 1. The quantitative estimate of drug-likeness (QED) is 0.819. The molecule has 0 bridgehead atoms. The highest BCUT2D eigenvalue weighted by Gasteiger charge is 2.34. The van der Waals surface area contributed by atoms with Crippen molar-refractivity contribution in [3.8, 4) is 0 Å². The van der Waals surface area contributed by atoms with Crippen molar-refractivity contribution in [3.05, 3.63) is 64.6 Å². The monoisotopic (exact) mass is 333 g/mol. The van der Waals surface area contributed by atoms with Gasteiger partial charge < -0.3 is 4.90 Å². The van der Waals surface area contributed by atoms with Crippen LogP contribution in [0.2, 0.25) is 0 Å². The van der Waals surface area contributed by atoms with Crippen LogP contribution in [0.25, 0.3) is 0 Å². The zero-order valence-electron chi connectivity index (χ0n) is 10.1. The highest BCUT2D eigenvalue weighted by Crippen LogP contribution is 2.39. The third-order valence-electron chi connectivity index (χ3n) is 3.10. The largest absolute Gasteiger partial charge is 0.301 e. The molecule has 0 radical (unpaired) electrons. The van der Waals surface area contributed by atoms with Gasteiger partial charge in [0.25, 0.3) is 0 Å². The predicted octanol–water partition coefficient (Wildman–Crippen LogP) is 4.23. The molecule has 0 saturated carbocycles. The Kier molecular flexibility index (Phi) is 3.62. The maximum Gasteiger partial charge on any atom is 0.245 e. The van der Waals surface area contributed by atoms with Gasteiger partial charge >= 0.3 is 0 Å². The van der Waals surface area contributed by atoms with E-state index < -0.39 is 0 Å². The van der Waals surface area contributed by atoms with Gasteiger partial charge in [-0.3, -0.25) is 4.79 Å². The zero-order chi connectivity index (χ0) is 13.2. The molecular formula is C15H12BrNOS. The van der Waals surface area contributed by atoms with Crippen LogP contribution < -0.4 is 4.90 Å². The number of anilines is 1. The van der Waals surface area contributed by atoms with Crippen LogP contribution in [0.5, 0.6) is 0 Å². The number of hydrogen-bond donors (Lipinski definition) is 0. The second-order valence-electron chi connectivity index (χ2n) is 4.33. The Hall–Kier alpha value is -1.26. The van der Waals surface area contributed by atoms with Gasteiger partial charge in [0.05, 0.1) is 5.88 Å². The predicted molar refractivity (Wildman–Crippen MR) is 83.3 cm³/mol. The summed E-state index contributed by atoms with van der Waals surface area (Å²) >= 11 is 5.09. The summed E-state index contributed by atoms with van der Waals surface area (Å²) in [7, 11) is 0. The number of thioether (sulfide) groups is 1. The maximum absolute atomic E-state index is 12.5. The number of rotatable bonds is 2. The number of benzene rings is 2. The van der Waals surface area contributed by atoms with E-state index in [1.165, 1.54) is 0 Å². The van der Waals surface area contributed by atoms with Gasteiger partial charge in [0.1, 0.15) is 5.25 Å². The normalized spacial score (nSPS) is 18.9. The fourth-order valence-electron chi connectivity index (χ4n) is 2.11. The number of para-hydroxylation sites is 1. The molecule has 0 aromatic heterocycles. The summed E-state index contributed by atoms with van der Waals surface area (Å²) in [6.07, 6.45) is 0. The van der Waals surface area contributed by atoms with E-state index in [-0.39, 0.29) is 11.2 Å². The van der Waals surface area contributed by atoms with Gasteiger partial charge in [-0.2, -0.15) is 0 Å². The molecule has 3 rings (SSSR count). The molecule has 4 heteroatoms. The molecule has 1 aliphatic heterocycles. The van der Waals surface area contributed by atoms with E-state index in [1.54, 1.807) is 11.8 Å². The van der Waals surface area contributed by atoms with Gasteiger partial charge in [0, 0.05) is 10.2 Å². The van der Waals surface area contributed by atoms with E-state index in [2.05, 4.69) is 15.9 Å². The van der Waals surface area contributed by atoms with Crippen LogP contribution in [0.3, 0.4) is 0 Å². The van der Waals surface area contributed by atoms with Crippen molar-refractivity contribution in [1.29, 1.82) is 0 Å². The minimum absolute atomic E-state index is 0.0895. The fraction of sp³-hybridized carbons (Fsp3) is 0.133. The second-order valence-corrected chi connectivity index (χ2v) is 6.31. The molecule has 1 aliphatic rings. The van der Waals surface area contributed by atoms with E-state index in [1.807, 2.05) is 59.5 Å². The molecule has 1 unspecified atom stereocenters. The van der Waals surface area contributed by atoms with Crippen molar-refractivity contribution in [2.75, 3.05) is 10.8 Å². The second kappa shape index (κ2) is 5.39. The van der Waals surface area contributed by atoms with Gasteiger partial charge in [-0.05, 0) is 29.8 Å². The summed E-state index contributed by atoms with van der Waals surface area (Å²) < 4.78 is 1.03. The SMILES string of the molecule is O=C1C(c2ccc(Br)cc2)SCN1c1ccccc1. The Labute approximate surface area is 124 Å². The molecule has 1 saturated heterocycles. The first-order chi connectivity index (χ1) is 9.25. The smallest absolute Gasteiger partial charge is 0.245 e. The average Bonchev–Trinajstić information content (AvgIpc) is 2.83. The molecule has 2 nitrogen and oxygen atoms in total. The molecule has 0 aliphatic carbocycles. The average molecular weight is 334 g/mol. The fourth-order valence-corrected chi connectivity index (χ4v) is 3.57. The first-order valence-electron chi connectivity index (χ1n) is 5.99. The minimum Gasteiger partial charge on any atom is -0.301 e. The van der Waals surface area contributed by atoms with Crippen molar-refractivity contribution in [3.63, 3.8) is 0 Å². The van der Waals surface area contributed by atoms with Gasteiger partial charge in [0.2, 0.25) is 5.91 Å². The molecule has 19 heavy (non-hydrogen) atoms. The van der Waals surface area contributed by atoms with Crippen molar-refractivity contribution >= 4 is 39.3 Å². The first-order valence-corrected chi connectivity index (χ1v) is 7.83. The summed E-state index contributed by atoms with van der Waals surface area (Å²) in [5.41, 5.74) is 2.04. The lowest BCUT2D eigenvalue weighted by Gasteiger charge is -2.15. The van der Waals surface area contributed by atoms with Gasteiger partial charge in [0.15, 0.2) is 0 Å². The van der Waals surface area contributed by atoms with Crippen LogP contribution in [0.4, 0.5) is 5.69 Å². The summed E-state index contributed by atoms with van der Waals surface area (Å²) in [6.45, 7) is 0. The maximum atomic E-state index is 12.5. The van der Waals surface area contributed by atoms with Crippen molar-refractivity contribution < 1.29 is 4.79 Å². The van der Waals surface area contributed by atoms with E-state index >= 15 is 0 Å². The highest BCUT2D eigenvalue weighted by molar-refractivity contribution is 9.10. The number of nitrogens with zero attached hydrogens (tertiary/aromatic N) is 1. The third kappa shape index (κ3) is 2.55. The van der Waals surface area contributed by atoms with Crippen molar-refractivity contribution in [2.24, 2.45) is 0 Å². The van der Waals surface area contributed by atoms with Crippen LogP contribution in [0.1, 0.15) is 10.8 Å². The lowest BCUT2D eigenvalue weighted by atomic mass is 10.1. The molecule has 0 N–H and O–H groups in total. The number of amides is 1. The van der Waals surface area contributed by atoms with E-state index in [4.69, 9.17) is 0 Å². The third-order valence-corrected chi connectivity index (χ3v) is 4.84. The zero-order valence-corrected chi connectivity index (χ0v) is 12.5. The standard InChI is InChI=1S/C15H12BrNOS/c16-12-8-6-11(7-9-12)14-15(18)17(10-19-14)13-4-2-1-3-5-13/h1-9,14H,10H2. The number of hydrogen-bond acceptors (Lipinski definition) is 2. The summed E-state index contributed by atoms with van der Waals surface area (Å²) in [5, 5.41) is -0.0895. The molecule has 2 aromatic rings. The van der Waals surface area contributed by atoms with E-state index in [0.717, 1.165) is 15.7 Å². The lowest BCUT2D eigenvalue weighted by molar-refractivity contribution is -0.117. The number of halogens is 1. The topological polar surface area (TPSA) is 20.3 Å². The van der Waals surface area contributed by atoms with Crippen molar-refractivity contribution in [2.45, 2.75) is 5.25 Å². The van der Waals surface area contributed by atoms with E-state index in [9.17, 15) is 4.79 Å². The summed E-state index contributed by atoms with van der Waals surface area (Å²) in [5.74, 6) is 0.877. The molecule has 1 amide bonds. The van der Waals surface area contributed by atoms with Crippen LogP contribution >= 0.6 is 27.7 Å². The molecule has 1 fully saturated rings. The molecule has 96 valence electrons. The van der Waals surface area contributed by atoms with Gasteiger partial charge in [-0.15, -0.1) is 11.8 Å². The number of carbonyl (C=O) groups excluding carboxylic acids is 1. The lowest BCUT2D eigenvalue weighted by Crippen LogP contribution is -2.26. The van der Waals surface area contributed by atoms with Crippen LogP contribution in [-0.2, 0) is 4.79 Å². The van der Waals surface area contributed by atoms with Crippen LogP contribution in [-0.4, -0.2) is 11.8 Å². The van der Waals surface area contributed by atoms with Crippen LogP contribution in [0, 0.1) is 0 Å². The van der Waals surface area contributed by atoms with Crippen LogP contribution in [0.15, 0.2) is 59.1 Å². The Morgan fingerprint density at radius 3 is 2.42 bits per heavy atom. The molecule has 2 aromatic carbocycles. The summed E-state index contributed by atoms with van der Waals surface area (Å²) in [4.78, 5) is 14.3. The summed E-state index contributed by atoms with van der Waals surface area (Å²) in [6, 6.07) is 17.8. The van der Waals surface area contributed by atoms with Gasteiger partial charge in [-0.25, -0.2) is 0 Å². The minimum atomic E-state index is -0.0895. The van der Waals surface area contributed by atoms with Gasteiger partial charge in [-0.1, -0.05) is 46.3 Å². The molecule has 1 heterocycles. The van der Waals surface area contributed by atoms with E-state index in [0.29, 0.717) is 5.88 Å². The first kappa shape index (κ1) is 12.8. The Morgan fingerprint density at radius 2 is 1.74 bits per heavy atom. The molecular weight excluding hydrogens is 322 g/mol.